The van der Waals surface area contributed by atoms with Gasteiger partial charge in [0.1, 0.15) is 18.2 Å². The Labute approximate surface area is 199 Å². The fraction of sp³-hybridized carbons (Fsp3) is 0.259. The zero-order valence-electron chi connectivity index (χ0n) is 19.0. The number of rotatable bonds is 6. The molecule has 2 aromatic carbocycles. The lowest BCUT2D eigenvalue weighted by atomic mass is 9.95. The molecule has 2 heterocycles. The van der Waals surface area contributed by atoms with Crippen molar-refractivity contribution in [2.75, 3.05) is 18.4 Å². The van der Waals surface area contributed by atoms with Crippen LogP contribution in [0.25, 0.3) is 0 Å². The second-order valence-electron chi connectivity index (χ2n) is 8.36. The smallest absolute Gasteiger partial charge is 0.253 e. The molecule has 1 N–H and O–H groups in total. The number of hydrogen-bond acceptors (Lipinski definition) is 5. The van der Waals surface area contributed by atoms with Gasteiger partial charge in [-0.15, -0.1) is 0 Å². The van der Waals surface area contributed by atoms with Gasteiger partial charge in [0, 0.05) is 36.3 Å². The summed E-state index contributed by atoms with van der Waals surface area (Å²) in [6, 6.07) is 20.2. The minimum atomic E-state index is -0.151. The molecule has 3 aromatic rings. The van der Waals surface area contributed by atoms with Gasteiger partial charge in [-0.1, -0.05) is 30.3 Å². The summed E-state index contributed by atoms with van der Waals surface area (Å²) in [6.45, 7) is 3.22. The Kier molecular flexibility index (Phi) is 7.19. The molecular formula is C27H26N4O3. The number of likely N-dealkylation sites (tertiary alicyclic amines) is 1. The van der Waals surface area contributed by atoms with Gasteiger partial charge >= 0.3 is 0 Å². The van der Waals surface area contributed by atoms with Gasteiger partial charge in [0.15, 0.2) is 0 Å². The summed E-state index contributed by atoms with van der Waals surface area (Å²) in [6.07, 6.45) is 2.92. The van der Waals surface area contributed by atoms with E-state index in [1.54, 1.807) is 47.5 Å². The van der Waals surface area contributed by atoms with Crippen molar-refractivity contribution < 1.29 is 14.3 Å². The molecule has 1 aliphatic rings. The molecule has 0 aliphatic carbocycles. The zero-order chi connectivity index (χ0) is 23.9. The number of piperidine rings is 1. The van der Waals surface area contributed by atoms with Crippen molar-refractivity contribution in [1.82, 2.24) is 9.88 Å². The number of aryl methyl sites for hydroxylation is 1. The monoisotopic (exact) mass is 454 g/mol. The molecule has 0 unspecified atom stereocenters. The first-order valence-electron chi connectivity index (χ1n) is 11.3. The molecule has 0 radical (unpaired) electrons. The average Bonchev–Trinajstić information content (AvgIpc) is 2.88. The molecular weight excluding hydrogens is 428 g/mol. The van der Waals surface area contributed by atoms with E-state index < -0.39 is 0 Å². The predicted octanol–water partition coefficient (Wildman–Crippen LogP) is 4.33. The van der Waals surface area contributed by atoms with Crippen molar-refractivity contribution >= 4 is 17.6 Å². The number of hydrogen-bond donors (Lipinski definition) is 1. The van der Waals surface area contributed by atoms with Crippen molar-refractivity contribution in [1.29, 1.82) is 5.26 Å². The first kappa shape index (κ1) is 23.0. The van der Waals surface area contributed by atoms with E-state index in [1.165, 1.54) is 0 Å². The number of benzene rings is 2. The number of nitrogens with one attached hydrogen (secondary N) is 1. The summed E-state index contributed by atoms with van der Waals surface area (Å²) in [5.41, 5.74) is 2.94. The van der Waals surface area contributed by atoms with Crippen LogP contribution in [-0.2, 0) is 11.4 Å². The van der Waals surface area contributed by atoms with E-state index in [0.717, 1.165) is 11.1 Å². The van der Waals surface area contributed by atoms with Crippen LogP contribution in [0.5, 0.6) is 5.75 Å². The van der Waals surface area contributed by atoms with Gasteiger partial charge < -0.3 is 15.0 Å². The summed E-state index contributed by atoms with van der Waals surface area (Å²) in [4.78, 5) is 31.6. The molecule has 4 rings (SSSR count). The van der Waals surface area contributed by atoms with Crippen LogP contribution < -0.4 is 10.1 Å². The van der Waals surface area contributed by atoms with Crippen LogP contribution in [0, 0.1) is 24.2 Å². The maximum absolute atomic E-state index is 13.0. The highest BCUT2D eigenvalue weighted by molar-refractivity contribution is 5.95. The van der Waals surface area contributed by atoms with Crippen LogP contribution >= 0.6 is 0 Å². The van der Waals surface area contributed by atoms with E-state index in [0.29, 0.717) is 48.6 Å². The number of ether oxygens (including phenoxy) is 1. The minimum Gasteiger partial charge on any atom is -0.489 e. The Bertz CT molecular complexity index is 1210. The summed E-state index contributed by atoms with van der Waals surface area (Å²) in [5, 5.41) is 12.1. The first-order chi connectivity index (χ1) is 16.5. The normalized spacial score (nSPS) is 13.7. The second-order valence-corrected chi connectivity index (χ2v) is 8.36. The fourth-order valence-electron chi connectivity index (χ4n) is 3.93. The van der Waals surface area contributed by atoms with Crippen LogP contribution in [0.4, 0.5) is 5.82 Å². The third kappa shape index (κ3) is 5.59. The average molecular weight is 455 g/mol. The van der Waals surface area contributed by atoms with Crippen LogP contribution in [0.1, 0.15) is 39.9 Å². The van der Waals surface area contributed by atoms with Gasteiger partial charge in [0.25, 0.3) is 5.91 Å². The summed E-state index contributed by atoms with van der Waals surface area (Å²) >= 11 is 0. The van der Waals surface area contributed by atoms with Gasteiger partial charge in [-0.05, 0) is 55.7 Å². The van der Waals surface area contributed by atoms with Crippen molar-refractivity contribution in [2.24, 2.45) is 5.92 Å². The Morgan fingerprint density at radius 1 is 1.12 bits per heavy atom. The molecule has 0 spiro atoms. The maximum Gasteiger partial charge on any atom is 0.253 e. The number of amides is 2. The fourth-order valence-corrected chi connectivity index (χ4v) is 3.93. The van der Waals surface area contributed by atoms with Crippen LogP contribution in [0.2, 0.25) is 0 Å². The van der Waals surface area contributed by atoms with Gasteiger partial charge in [-0.3, -0.25) is 9.59 Å². The Morgan fingerprint density at radius 2 is 1.91 bits per heavy atom. The standard InChI is InChI=1S/C27H26N4O3/c1-19-9-10-25(29-17-19)30-26(32)20-11-13-31(14-12-20)27(33)21-7-4-8-24(15-21)34-18-23-6-3-2-5-22(23)16-28/h2-10,15,17,20H,11-14,18H2,1H3,(H,29,30,32). The van der Waals surface area contributed by atoms with Gasteiger partial charge in [-0.25, -0.2) is 4.98 Å². The lowest BCUT2D eigenvalue weighted by Crippen LogP contribution is -2.41. The second kappa shape index (κ2) is 10.6. The summed E-state index contributed by atoms with van der Waals surface area (Å²) in [5.74, 6) is 0.822. The van der Waals surface area contributed by atoms with Crippen LogP contribution in [0.15, 0.2) is 66.9 Å². The topological polar surface area (TPSA) is 95.3 Å². The zero-order valence-corrected chi connectivity index (χ0v) is 19.0. The molecule has 1 aliphatic heterocycles. The molecule has 1 saturated heterocycles. The molecule has 0 bridgehead atoms. The molecule has 2 amide bonds. The number of aromatic nitrogens is 1. The molecule has 1 fully saturated rings. The summed E-state index contributed by atoms with van der Waals surface area (Å²) < 4.78 is 5.84. The molecule has 0 saturated carbocycles. The van der Waals surface area contributed by atoms with E-state index >= 15 is 0 Å². The number of pyridine rings is 1. The number of nitriles is 1. The van der Waals surface area contributed by atoms with Gasteiger partial charge in [-0.2, -0.15) is 5.26 Å². The van der Waals surface area contributed by atoms with Gasteiger partial charge in [0.05, 0.1) is 11.6 Å². The van der Waals surface area contributed by atoms with E-state index in [1.807, 2.05) is 31.2 Å². The number of anilines is 1. The van der Waals surface area contributed by atoms with Gasteiger partial charge in [0.2, 0.25) is 5.91 Å². The van der Waals surface area contributed by atoms with E-state index in [-0.39, 0.29) is 24.3 Å². The molecule has 7 heteroatoms. The Balaban J connectivity index is 1.32. The van der Waals surface area contributed by atoms with E-state index in [2.05, 4.69) is 16.4 Å². The highest BCUT2D eigenvalue weighted by Crippen LogP contribution is 2.23. The molecule has 1 aromatic heterocycles. The largest absolute Gasteiger partial charge is 0.489 e. The molecule has 172 valence electrons. The SMILES string of the molecule is Cc1ccc(NC(=O)C2CCN(C(=O)c3cccc(OCc4ccccc4C#N)c3)CC2)nc1. The number of carbonyl (C=O) groups is 2. The third-order valence-electron chi connectivity index (χ3n) is 5.93. The van der Waals surface area contributed by atoms with Crippen molar-refractivity contribution in [3.05, 3.63) is 89.1 Å². The Morgan fingerprint density at radius 3 is 2.65 bits per heavy atom. The quantitative estimate of drug-likeness (QED) is 0.598. The van der Waals surface area contributed by atoms with Crippen molar-refractivity contribution in [2.45, 2.75) is 26.4 Å². The molecule has 0 atom stereocenters. The van der Waals surface area contributed by atoms with Crippen molar-refractivity contribution in [3.8, 4) is 11.8 Å². The Hall–Kier alpha value is -4.18. The molecule has 7 nitrogen and oxygen atoms in total. The lowest BCUT2D eigenvalue weighted by molar-refractivity contribution is -0.121. The molecule has 34 heavy (non-hydrogen) atoms. The van der Waals surface area contributed by atoms with Crippen LogP contribution in [-0.4, -0.2) is 34.8 Å². The van der Waals surface area contributed by atoms with E-state index in [9.17, 15) is 14.9 Å². The van der Waals surface area contributed by atoms with Crippen LogP contribution in [0.3, 0.4) is 0 Å². The highest BCUT2D eigenvalue weighted by Gasteiger charge is 2.28. The third-order valence-corrected chi connectivity index (χ3v) is 5.93. The highest BCUT2D eigenvalue weighted by atomic mass is 16.5. The predicted molar refractivity (Wildman–Crippen MR) is 128 cm³/mol. The lowest BCUT2D eigenvalue weighted by Gasteiger charge is -2.31. The number of carbonyl (C=O) groups excluding carboxylic acids is 2. The number of nitrogens with zero attached hydrogens (tertiary/aromatic N) is 3. The van der Waals surface area contributed by atoms with Crippen molar-refractivity contribution in [3.63, 3.8) is 0 Å². The maximum atomic E-state index is 13.0. The minimum absolute atomic E-state index is 0.0588. The van der Waals surface area contributed by atoms with E-state index in [4.69, 9.17) is 4.74 Å². The first-order valence-corrected chi connectivity index (χ1v) is 11.3. The summed E-state index contributed by atoms with van der Waals surface area (Å²) in [7, 11) is 0.